The summed E-state index contributed by atoms with van der Waals surface area (Å²) in [5, 5.41) is 4.29. The second-order valence-electron chi connectivity index (χ2n) is 4.58. The molecule has 0 bridgehead atoms. The maximum atomic E-state index is 5.96. The number of hydrogen-bond donors (Lipinski definition) is 1. The first kappa shape index (κ1) is 11.7. The van der Waals surface area contributed by atoms with Crippen molar-refractivity contribution in [3.8, 4) is 0 Å². The van der Waals surface area contributed by atoms with Crippen molar-refractivity contribution in [2.75, 3.05) is 5.32 Å². The van der Waals surface area contributed by atoms with Crippen LogP contribution < -0.4 is 5.32 Å². The van der Waals surface area contributed by atoms with Crippen LogP contribution in [0.3, 0.4) is 0 Å². The summed E-state index contributed by atoms with van der Waals surface area (Å²) < 4.78 is 5.71. The monoisotopic (exact) mass is 239 g/mol. The molecule has 1 N–H and O–H groups in total. The lowest BCUT2D eigenvalue weighted by molar-refractivity contribution is -0.0337. The molecule has 0 aliphatic carbocycles. The number of halogens is 1. The summed E-state index contributed by atoms with van der Waals surface area (Å²) in [5.74, 6) is 0. The van der Waals surface area contributed by atoms with E-state index in [-0.39, 0.29) is 0 Å². The van der Waals surface area contributed by atoms with Gasteiger partial charge in [0.25, 0.3) is 0 Å². The lowest BCUT2D eigenvalue weighted by atomic mass is 9.99. The van der Waals surface area contributed by atoms with Crippen molar-refractivity contribution in [3.05, 3.63) is 29.3 Å². The van der Waals surface area contributed by atoms with E-state index >= 15 is 0 Å². The standard InChI is InChI=1S/C13H18ClNO/c1-9-6-13(7-10(2)16-9)15-12-5-3-4-11(14)8-12/h3-5,8-10,13,15H,6-7H2,1-2H3. The largest absolute Gasteiger partial charge is 0.382 e. The highest BCUT2D eigenvalue weighted by Gasteiger charge is 2.24. The van der Waals surface area contributed by atoms with Crippen LogP contribution in [0.4, 0.5) is 5.69 Å². The third kappa shape index (κ3) is 3.13. The van der Waals surface area contributed by atoms with E-state index in [0.717, 1.165) is 23.6 Å². The van der Waals surface area contributed by atoms with Crippen LogP contribution in [-0.2, 0) is 4.74 Å². The first-order valence-corrected chi connectivity index (χ1v) is 6.19. The summed E-state index contributed by atoms with van der Waals surface area (Å²) in [7, 11) is 0. The minimum absolute atomic E-state index is 0.334. The van der Waals surface area contributed by atoms with E-state index in [4.69, 9.17) is 16.3 Å². The van der Waals surface area contributed by atoms with Crippen molar-refractivity contribution in [1.29, 1.82) is 0 Å². The average molecular weight is 240 g/mol. The van der Waals surface area contributed by atoms with Crippen molar-refractivity contribution < 1.29 is 4.74 Å². The first-order chi connectivity index (χ1) is 7.63. The number of ether oxygens (including phenoxy) is 1. The Kier molecular flexibility index (Phi) is 3.72. The maximum Gasteiger partial charge on any atom is 0.0570 e. The van der Waals surface area contributed by atoms with E-state index in [1.165, 1.54) is 0 Å². The van der Waals surface area contributed by atoms with E-state index < -0.39 is 0 Å². The van der Waals surface area contributed by atoms with Gasteiger partial charge in [0.15, 0.2) is 0 Å². The SMILES string of the molecule is CC1CC(Nc2cccc(Cl)c2)CC(C)O1. The van der Waals surface area contributed by atoms with Crippen LogP contribution in [0.5, 0.6) is 0 Å². The molecule has 1 aliphatic heterocycles. The van der Waals surface area contributed by atoms with Gasteiger partial charge in [-0.15, -0.1) is 0 Å². The van der Waals surface area contributed by atoms with E-state index in [0.29, 0.717) is 18.2 Å². The van der Waals surface area contributed by atoms with Crippen LogP contribution in [0.25, 0.3) is 0 Å². The zero-order chi connectivity index (χ0) is 11.5. The fraction of sp³-hybridized carbons (Fsp3) is 0.538. The molecule has 0 radical (unpaired) electrons. The van der Waals surface area contributed by atoms with Crippen LogP contribution >= 0.6 is 11.6 Å². The van der Waals surface area contributed by atoms with Gasteiger partial charge < -0.3 is 10.1 Å². The Morgan fingerprint density at radius 1 is 1.25 bits per heavy atom. The Labute approximate surface area is 102 Å². The summed E-state index contributed by atoms with van der Waals surface area (Å²) in [4.78, 5) is 0. The van der Waals surface area contributed by atoms with Crippen LogP contribution in [-0.4, -0.2) is 18.2 Å². The molecule has 1 aromatic rings. The molecule has 1 aliphatic rings. The van der Waals surface area contributed by atoms with Crippen molar-refractivity contribution in [2.45, 2.75) is 44.9 Å². The number of rotatable bonds is 2. The van der Waals surface area contributed by atoms with E-state index in [1.807, 2.05) is 18.2 Å². The van der Waals surface area contributed by atoms with Crippen LogP contribution in [0, 0.1) is 0 Å². The highest BCUT2D eigenvalue weighted by atomic mass is 35.5. The molecule has 2 rings (SSSR count). The topological polar surface area (TPSA) is 21.3 Å². The molecule has 1 heterocycles. The van der Waals surface area contributed by atoms with Crippen molar-refractivity contribution in [1.82, 2.24) is 0 Å². The molecule has 1 aromatic carbocycles. The molecule has 0 saturated carbocycles. The molecule has 88 valence electrons. The zero-order valence-electron chi connectivity index (χ0n) is 9.74. The molecule has 0 aromatic heterocycles. The van der Waals surface area contributed by atoms with Crippen molar-refractivity contribution >= 4 is 17.3 Å². The molecule has 16 heavy (non-hydrogen) atoms. The van der Waals surface area contributed by atoms with Gasteiger partial charge in [0, 0.05) is 16.8 Å². The number of benzene rings is 1. The van der Waals surface area contributed by atoms with Crippen LogP contribution in [0.2, 0.25) is 5.02 Å². The summed E-state index contributed by atoms with van der Waals surface area (Å²) in [6.07, 6.45) is 2.77. The molecule has 2 atom stereocenters. The molecule has 0 amide bonds. The Hall–Kier alpha value is -0.730. The first-order valence-electron chi connectivity index (χ1n) is 5.81. The van der Waals surface area contributed by atoms with Gasteiger partial charge in [-0.1, -0.05) is 17.7 Å². The summed E-state index contributed by atoms with van der Waals surface area (Å²) in [6, 6.07) is 8.36. The van der Waals surface area contributed by atoms with Crippen molar-refractivity contribution in [3.63, 3.8) is 0 Å². The van der Waals surface area contributed by atoms with Gasteiger partial charge >= 0.3 is 0 Å². The van der Waals surface area contributed by atoms with Crippen molar-refractivity contribution in [2.24, 2.45) is 0 Å². The second-order valence-corrected chi connectivity index (χ2v) is 5.02. The number of hydrogen-bond acceptors (Lipinski definition) is 2. The number of anilines is 1. The lowest BCUT2D eigenvalue weighted by Gasteiger charge is -2.33. The fourth-order valence-corrected chi connectivity index (χ4v) is 2.53. The fourth-order valence-electron chi connectivity index (χ4n) is 2.34. The molecule has 2 nitrogen and oxygen atoms in total. The van der Waals surface area contributed by atoms with E-state index in [2.05, 4.69) is 25.2 Å². The molecule has 1 saturated heterocycles. The average Bonchev–Trinajstić information content (AvgIpc) is 2.15. The minimum atomic E-state index is 0.334. The van der Waals surface area contributed by atoms with E-state index in [1.54, 1.807) is 0 Å². The van der Waals surface area contributed by atoms with Gasteiger partial charge in [0.1, 0.15) is 0 Å². The van der Waals surface area contributed by atoms with Gasteiger partial charge in [0.2, 0.25) is 0 Å². The minimum Gasteiger partial charge on any atom is -0.382 e. The molecule has 0 spiro atoms. The van der Waals surface area contributed by atoms with Gasteiger partial charge in [-0.05, 0) is 44.9 Å². The van der Waals surface area contributed by atoms with E-state index in [9.17, 15) is 0 Å². The molecule has 2 unspecified atom stereocenters. The molecule has 1 fully saturated rings. The zero-order valence-corrected chi connectivity index (χ0v) is 10.5. The number of nitrogens with one attached hydrogen (secondary N) is 1. The Bertz CT molecular complexity index is 346. The third-order valence-electron chi connectivity index (χ3n) is 2.89. The second kappa shape index (κ2) is 5.07. The predicted octanol–water partition coefficient (Wildman–Crippen LogP) is 3.71. The molecular weight excluding hydrogens is 222 g/mol. The van der Waals surface area contributed by atoms with Gasteiger partial charge in [-0.25, -0.2) is 0 Å². The third-order valence-corrected chi connectivity index (χ3v) is 3.13. The normalized spacial score (nSPS) is 30.1. The maximum absolute atomic E-state index is 5.96. The Balaban J connectivity index is 1.98. The highest BCUT2D eigenvalue weighted by Crippen LogP contribution is 2.23. The Morgan fingerprint density at radius 3 is 2.56 bits per heavy atom. The summed E-state index contributed by atoms with van der Waals surface area (Å²) in [6.45, 7) is 4.25. The summed E-state index contributed by atoms with van der Waals surface area (Å²) in [5.41, 5.74) is 1.10. The summed E-state index contributed by atoms with van der Waals surface area (Å²) >= 11 is 5.96. The Morgan fingerprint density at radius 2 is 1.94 bits per heavy atom. The highest BCUT2D eigenvalue weighted by molar-refractivity contribution is 6.30. The quantitative estimate of drug-likeness (QED) is 0.850. The van der Waals surface area contributed by atoms with Crippen LogP contribution in [0.1, 0.15) is 26.7 Å². The van der Waals surface area contributed by atoms with Gasteiger partial charge in [-0.3, -0.25) is 0 Å². The van der Waals surface area contributed by atoms with Crippen LogP contribution in [0.15, 0.2) is 24.3 Å². The molecular formula is C13H18ClNO. The predicted molar refractivity (Wildman–Crippen MR) is 68.1 cm³/mol. The van der Waals surface area contributed by atoms with Gasteiger partial charge in [-0.2, -0.15) is 0 Å². The lowest BCUT2D eigenvalue weighted by Crippen LogP contribution is -2.36. The smallest absolute Gasteiger partial charge is 0.0570 e. The molecule has 3 heteroatoms. The van der Waals surface area contributed by atoms with Gasteiger partial charge in [0.05, 0.1) is 12.2 Å².